The Morgan fingerprint density at radius 1 is 1.26 bits per heavy atom. The van der Waals surface area contributed by atoms with Crippen LogP contribution in [0.4, 0.5) is 0 Å². The van der Waals surface area contributed by atoms with Gasteiger partial charge in [0.05, 0.1) is 4.91 Å². The minimum atomic E-state index is -1.08. The van der Waals surface area contributed by atoms with Crippen LogP contribution in [0.1, 0.15) is 29.4 Å². The Labute approximate surface area is 167 Å². The van der Waals surface area contributed by atoms with Gasteiger partial charge in [0.15, 0.2) is 0 Å². The average molecular weight is 401 g/mol. The molecule has 0 atom stereocenters. The molecule has 1 aliphatic rings. The number of hydrogen-bond donors (Lipinski definition) is 1. The third-order valence-electron chi connectivity index (χ3n) is 4.53. The number of carboxylic acid groups (broad SMARTS) is 1. The largest absolute Gasteiger partial charge is 0.480 e. The molecule has 0 radical (unpaired) electrons. The van der Waals surface area contributed by atoms with Gasteiger partial charge >= 0.3 is 5.97 Å². The first kappa shape index (κ1) is 19.4. The zero-order valence-electron chi connectivity index (χ0n) is 15.4. The fourth-order valence-corrected chi connectivity index (χ4v) is 4.37. The molecule has 27 heavy (non-hydrogen) atoms. The Morgan fingerprint density at radius 2 is 1.93 bits per heavy atom. The van der Waals surface area contributed by atoms with Crippen molar-refractivity contribution in [1.29, 1.82) is 0 Å². The zero-order valence-corrected chi connectivity index (χ0v) is 17.0. The molecule has 1 aromatic heterocycles. The molecule has 1 N–H and O–H groups in total. The van der Waals surface area contributed by atoms with E-state index in [9.17, 15) is 9.59 Å². The van der Waals surface area contributed by atoms with Gasteiger partial charge in [-0.3, -0.25) is 14.5 Å². The number of hydrogen-bond acceptors (Lipinski definition) is 4. The molecule has 7 heteroatoms. The third-order valence-corrected chi connectivity index (χ3v) is 5.90. The Balaban J connectivity index is 1.95. The lowest BCUT2D eigenvalue weighted by atomic mass is 10.1. The van der Waals surface area contributed by atoms with Gasteiger partial charge in [-0.2, -0.15) is 0 Å². The van der Waals surface area contributed by atoms with Crippen molar-refractivity contribution in [3.8, 4) is 5.69 Å². The summed E-state index contributed by atoms with van der Waals surface area (Å²) in [5.41, 5.74) is 5.34. The van der Waals surface area contributed by atoms with Crippen LogP contribution in [-0.2, 0) is 16.0 Å². The van der Waals surface area contributed by atoms with Crippen LogP contribution in [0, 0.1) is 13.8 Å². The van der Waals surface area contributed by atoms with Gasteiger partial charge in [0, 0.05) is 17.1 Å². The molecule has 0 bridgehead atoms. The first-order valence-corrected chi connectivity index (χ1v) is 9.79. The molecule has 1 amide bonds. The summed E-state index contributed by atoms with van der Waals surface area (Å²) in [4.78, 5) is 25.0. The van der Waals surface area contributed by atoms with Crippen LogP contribution >= 0.6 is 24.0 Å². The Morgan fingerprint density at radius 3 is 2.52 bits per heavy atom. The number of amides is 1. The van der Waals surface area contributed by atoms with E-state index in [0.29, 0.717) is 4.91 Å². The lowest BCUT2D eigenvalue weighted by Gasteiger charge is -2.10. The summed E-state index contributed by atoms with van der Waals surface area (Å²) in [6.45, 7) is 5.74. The van der Waals surface area contributed by atoms with E-state index in [4.69, 9.17) is 17.3 Å². The van der Waals surface area contributed by atoms with Gasteiger partial charge < -0.3 is 9.67 Å². The van der Waals surface area contributed by atoms with Crippen molar-refractivity contribution < 1.29 is 14.7 Å². The minimum Gasteiger partial charge on any atom is -0.480 e. The predicted octanol–water partition coefficient (Wildman–Crippen LogP) is 3.94. The van der Waals surface area contributed by atoms with Crippen molar-refractivity contribution in [2.24, 2.45) is 0 Å². The van der Waals surface area contributed by atoms with Gasteiger partial charge in [-0.1, -0.05) is 43.0 Å². The number of aliphatic carboxylic acids is 1. The molecule has 1 aromatic carbocycles. The normalized spacial score (nSPS) is 15.8. The summed E-state index contributed by atoms with van der Waals surface area (Å²) in [7, 11) is 0. The number of carbonyl (C=O) groups is 2. The van der Waals surface area contributed by atoms with Crippen LogP contribution in [0.25, 0.3) is 11.8 Å². The fraction of sp³-hybridized carbons (Fsp3) is 0.250. The molecule has 140 valence electrons. The summed E-state index contributed by atoms with van der Waals surface area (Å²) < 4.78 is 2.42. The van der Waals surface area contributed by atoms with E-state index >= 15 is 0 Å². The predicted molar refractivity (Wildman–Crippen MR) is 112 cm³/mol. The van der Waals surface area contributed by atoms with E-state index < -0.39 is 12.5 Å². The fourth-order valence-electron chi connectivity index (χ4n) is 3.12. The Hall–Kier alpha value is -2.38. The van der Waals surface area contributed by atoms with E-state index in [1.165, 1.54) is 5.56 Å². The Bertz CT molecular complexity index is 958. The number of benzene rings is 1. The molecule has 2 aromatic rings. The standard InChI is InChI=1S/C20H20N2O3S2/c1-4-14-5-7-16(8-6-14)22-12(2)9-15(13(22)3)10-17-19(25)21(11-18(23)24)20(26)27-17/h5-10H,4,11H2,1-3H3,(H,23,24). The molecule has 1 saturated heterocycles. The number of aromatic nitrogens is 1. The number of thiocarbonyl (C=S) groups is 1. The van der Waals surface area contributed by atoms with Gasteiger partial charge in [0.25, 0.3) is 5.91 Å². The minimum absolute atomic E-state index is 0.276. The van der Waals surface area contributed by atoms with Crippen molar-refractivity contribution in [3.05, 3.63) is 57.8 Å². The van der Waals surface area contributed by atoms with E-state index in [-0.39, 0.29) is 10.2 Å². The average Bonchev–Trinajstić information content (AvgIpc) is 3.05. The molecule has 0 aliphatic carbocycles. The third kappa shape index (κ3) is 3.84. The first-order valence-electron chi connectivity index (χ1n) is 8.57. The molecule has 2 heterocycles. The zero-order chi connectivity index (χ0) is 19.7. The quantitative estimate of drug-likeness (QED) is 0.608. The van der Waals surface area contributed by atoms with Gasteiger partial charge in [0.1, 0.15) is 10.9 Å². The van der Waals surface area contributed by atoms with Crippen LogP contribution in [0.5, 0.6) is 0 Å². The summed E-state index contributed by atoms with van der Waals surface area (Å²) in [5, 5.41) is 8.95. The highest BCUT2D eigenvalue weighted by molar-refractivity contribution is 8.26. The van der Waals surface area contributed by atoms with E-state index in [2.05, 4.69) is 35.8 Å². The van der Waals surface area contributed by atoms with Crippen molar-refractivity contribution in [3.63, 3.8) is 0 Å². The maximum absolute atomic E-state index is 12.5. The lowest BCUT2D eigenvalue weighted by Crippen LogP contribution is -2.33. The van der Waals surface area contributed by atoms with Crippen LogP contribution in [0.2, 0.25) is 0 Å². The van der Waals surface area contributed by atoms with Gasteiger partial charge in [-0.05, 0) is 55.7 Å². The number of carbonyl (C=O) groups excluding carboxylic acids is 1. The van der Waals surface area contributed by atoms with E-state index in [1.807, 2.05) is 19.9 Å². The molecule has 1 aliphatic heterocycles. The van der Waals surface area contributed by atoms with E-state index in [0.717, 1.165) is 45.7 Å². The highest BCUT2D eigenvalue weighted by Crippen LogP contribution is 2.33. The number of nitrogens with zero attached hydrogens (tertiary/aromatic N) is 2. The topological polar surface area (TPSA) is 62.5 Å². The summed E-state index contributed by atoms with van der Waals surface area (Å²) >= 11 is 6.29. The molecule has 5 nitrogen and oxygen atoms in total. The number of thioether (sulfide) groups is 1. The second kappa shape index (κ2) is 7.70. The molecule has 0 spiro atoms. The maximum atomic E-state index is 12.5. The SMILES string of the molecule is CCc1ccc(-n2c(C)cc(C=C3SC(=S)N(CC(=O)O)C3=O)c2C)cc1. The van der Waals surface area contributed by atoms with Gasteiger partial charge in [-0.25, -0.2) is 0 Å². The van der Waals surface area contributed by atoms with Crippen molar-refractivity contribution in [2.45, 2.75) is 27.2 Å². The summed E-state index contributed by atoms with van der Waals surface area (Å²) in [6, 6.07) is 10.4. The molecule has 0 unspecified atom stereocenters. The number of carboxylic acids is 1. The van der Waals surface area contributed by atoms with Crippen molar-refractivity contribution >= 4 is 46.3 Å². The van der Waals surface area contributed by atoms with Gasteiger partial charge in [-0.15, -0.1) is 0 Å². The monoisotopic (exact) mass is 400 g/mol. The maximum Gasteiger partial charge on any atom is 0.323 e. The summed E-state index contributed by atoms with van der Waals surface area (Å²) in [6.07, 6.45) is 2.79. The first-order chi connectivity index (χ1) is 12.8. The van der Waals surface area contributed by atoms with Crippen molar-refractivity contribution in [2.75, 3.05) is 6.54 Å². The molecular weight excluding hydrogens is 380 g/mol. The van der Waals surface area contributed by atoms with Crippen LogP contribution < -0.4 is 0 Å². The number of rotatable bonds is 5. The lowest BCUT2D eigenvalue weighted by molar-refractivity contribution is -0.140. The summed E-state index contributed by atoms with van der Waals surface area (Å²) in [5.74, 6) is -1.44. The molecular formula is C20H20N2O3S2. The van der Waals surface area contributed by atoms with E-state index in [1.54, 1.807) is 6.08 Å². The number of aryl methyl sites for hydroxylation is 2. The van der Waals surface area contributed by atoms with Crippen LogP contribution in [0.15, 0.2) is 35.2 Å². The Kier molecular flexibility index (Phi) is 5.53. The van der Waals surface area contributed by atoms with Gasteiger partial charge in [0.2, 0.25) is 0 Å². The van der Waals surface area contributed by atoms with Crippen LogP contribution in [0.3, 0.4) is 0 Å². The second-order valence-electron chi connectivity index (χ2n) is 6.34. The molecule has 0 saturated carbocycles. The smallest absolute Gasteiger partial charge is 0.323 e. The second-order valence-corrected chi connectivity index (χ2v) is 8.02. The highest BCUT2D eigenvalue weighted by atomic mass is 32.2. The van der Waals surface area contributed by atoms with Crippen LogP contribution in [-0.4, -0.2) is 37.3 Å². The molecule has 1 fully saturated rings. The van der Waals surface area contributed by atoms with Crippen molar-refractivity contribution in [1.82, 2.24) is 9.47 Å². The highest BCUT2D eigenvalue weighted by Gasteiger charge is 2.33. The molecule has 3 rings (SSSR count).